The fourth-order valence-electron chi connectivity index (χ4n) is 1.92. The van der Waals surface area contributed by atoms with Crippen LogP contribution in [0.2, 0.25) is 0 Å². The first-order valence-corrected chi connectivity index (χ1v) is 6.03. The van der Waals surface area contributed by atoms with Gasteiger partial charge in [-0.2, -0.15) is 0 Å². The van der Waals surface area contributed by atoms with E-state index in [9.17, 15) is 4.79 Å². The molecule has 0 aromatic carbocycles. The number of amides is 1. The third-order valence-electron chi connectivity index (χ3n) is 2.90. The van der Waals surface area contributed by atoms with Crippen LogP contribution in [0.5, 0.6) is 0 Å². The number of carbonyl (C=O) groups excluding carboxylic acids is 1. The van der Waals surface area contributed by atoms with E-state index in [-0.39, 0.29) is 23.7 Å². The third kappa shape index (κ3) is 4.10. The van der Waals surface area contributed by atoms with Crippen LogP contribution in [0.4, 0.5) is 0 Å². The quantitative estimate of drug-likeness (QED) is 0.714. The Labute approximate surface area is 98.1 Å². The summed E-state index contributed by atoms with van der Waals surface area (Å²) >= 11 is 0. The predicted octanol–water partition coefficient (Wildman–Crippen LogP) is 1.06. The molecular weight excluding hydrogens is 204 g/mol. The molecule has 16 heavy (non-hydrogen) atoms. The molecule has 0 radical (unpaired) electrons. The van der Waals surface area contributed by atoms with Gasteiger partial charge < -0.3 is 15.4 Å². The second-order valence-electron chi connectivity index (χ2n) is 5.52. The Hall–Kier alpha value is -0.610. The molecule has 1 heterocycles. The van der Waals surface area contributed by atoms with Gasteiger partial charge in [-0.05, 0) is 27.2 Å². The van der Waals surface area contributed by atoms with Crippen LogP contribution in [0.3, 0.4) is 0 Å². The maximum Gasteiger partial charge on any atom is 0.246 e. The minimum absolute atomic E-state index is 0.0217. The molecule has 2 N–H and O–H groups in total. The summed E-state index contributed by atoms with van der Waals surface area (Å²) in [4.78, 5) is 11.7. The summed E-state index contributed by atoms with van der Waals surface area (Å²) in [5.74, 6) is -0.0217. The Morgan fingerprint density at radius 2 is 2.12 bits per heavy atom. The van der Waals surface area contributed by atoms with Crippen molar-refractivity contribution in [2.45, 2.75) is 51.7 Å². The van der Waals surface area contributed by atoms with Crippen LogP contribution in [0, 0.1) is 0 Å². The molecule has 1 aliphatic rings. The second-order valence-corrected chi connectivity index (χ2v) is 5.52. The number of hydrogen-bond donors (Lipinski definition) is 2. The van der Waals surface area contributed by atoms with Crippen molar-refractivity contribution in [2.75, 3.05) is 19.7 Å². The Morgan fingerprint density at radius 1 is 1.50 bits per heavy atom. The number of carbonyl (C=O) groups is 1. The van der Waals surface area contributed by atoms with E-state index in [4.69, 9.17) is 4.74 Å². The van der Waals surface area contributed by atoms with Gasteiger partial charge in [0.15, 0.2) is 0 Å². The highest BCUT2D eigenvalue weighted by atomic mass is 16.5. The van der Waals surface area contributed by atoms with Crippen LogP contribution < -0.4 is 10.6 Å². The van der Waals surface area contributed by atoms with Gasteiger partial charge in [0.1, 0.15) is 6.61 Å². The van der Waals surface area contributed by atoms with E-state index in [1.807, 2.05) is 20.8 Å². The molecule has 0 bridgehead atoms. The molecule has 4 nitrogen and oxygen atoms in total. The highest BCUT2D eigenvalue weighted by molar-refractivity contribution is 5.78. The van der Waals surface area contributed by atoms with Gasteiger partial charge in [-0.25, -0.2) is 0 Å². The lowest BCUT2D eigenvalue weighted by Crippen LogP contribution is -2.60. The summed E-state index contributed by atoms with van der Waals surface area (Å²) in [5.41, 5.74) is -0.278. The molecule has 0 atom stereocenters. The smallest absolute Gasteiger partial charge is 0.246 e. The molecule has 0 aromatic heterocycles. The van der Waals surface area contributed by atoms with E-state index < -0.39 is 0 Å². The average molecular weight is 228 g/mol. The van der Waals surface area contributed by atoms with Crippen LogP contribution in [-0.2, 0) is 9.53 Å². The van der Waals surface area contributed by atoms with Crippen molar-refractivity contribution in [3.63, 3.8) is 0 Å². The lowest BCUT2D eigenvalue weighted by molar-refractivity contribution is -0.137. The molecule has 1 saturated heterocycles. The molecule has 0 aliphatic carbocycles. The third-order valence-corrected chi connectivity index (χ3v) is 2.90. The summed E-state index contributed by atoms with van der Waals surface area (Å²) < 4.78 is 5.58. The second kappa shape index (κ2) is 5.15. The monoisotopic (exact) mass is 228 g/mol. The van der Waals surface area contributed by atoms with Gasteiger partial charge in [0.2, 0.25) is 5.91 Å². The van der Waals surface area contributed by atoms with Gasteiger partial charge in [0, 0.05) is 18.6 Å². The molecule has 1 amide bonds. The summed E-state index contributed by atoms with van der Waals surface area (Å²) in [6.45, 7) is 10.0. The molecule has 0 aromatic rings. The zero-order chi connectivity index (χ0) is 12.2. The molecule has 94 valence electrons. The van der Waals surface area contributed by atoms with Crippen molar-refractivity contribution >= 4 is 5.91 Å². The summed E-state index contributed by atoms with van der Waals surface area (Å²) in [7, 11) is 0. The Bertz CT molecular complexity index is 247. The van der Waals surface area contributed by atoms with E-state index in [1.165, 1.54) is 0 Å². The van der Waals surface area contributed by atoms with E-state index >= 15 is 0 Å². The van der Waals surface area contributed by atoms with E-state index in [2.05, 4.69) is 17.6 Å². The normalized spacial score (nSPS) is 19.0. The Morgan fingerprint density at radius 3 is 2.56 bits per heavy atom. The van der Waals surface area contributed by atoms with Crippen molar-refractivity contribution in [1.82, 2.24) is 10.6 Å². The summed E-state index contributed by atoms with van der Waals surface area (Å²) in [6.07, 6.45) is 2.05. The van der Waals surface area contributed by atoms with Crippen molar-refractivity contribution in [2.24, 2.45) is 0 Å². The zero-order valence-corrected chi connectivity index (χ0v) is 10.9. The fraction of sp³-hybridized carbons (Fsp3) is 0.917. The molecule has 4 heteroatoms. The predicted molar refractivity (Wildman–Crippen MR) is 64.4 cm³/mol. The fourth-order valence-corrected chi connectivity index (χ4v) is 1.92. The number of rotatable bonds is 6. The summed E-state index contributed by atoms with van der Waals surface area (Å²) in [6, 6.07) is 0. The van der Waals surface area contributed by atoms with E-state index in [0.29, 0.717) is 0 Å². The highest BCUT2D eigenvalue weighted by Crippen LogP contribution is 2.15. The van der Waals surface area contributed by atoms with Crippen LogP contribution in [0.25, 0.3) is 0 Å². The van der Waals surface area contributed by atoms with E-state index in [0.717, 1.165) is 25.9 Å². The standard InChI is InChI=1S/C12H24N2O2/c1-5-6-11(2,3)14-10(15)7-16-12(4)8-13-9-12/h13H,5-9H2,1-4H3,(H,14,15). The number of hydrogen-bond acceptors (Lipinski definition) is 3. The first-order chi connectivity index (χ1) is 7.37. The van der Waals surface area contributed by atoms with Gasteiger partial charge in [-0.15, -0.1) is 0 Å². The largest absolute Gasteiger partial charge is 0.363 e. The summed E-state index contributed by atoms with van der Waals surface area (Å²) in [5, 5.41) is 6.13. The first-order valence-electron chi connectivity index (χ1n) is 6.03. The van der Waals surface area contributed by atoms with Crippen molar-refractivity contribution in [3.05, 3.63) is 0 Å². The lowest BCUT2D eigenvalue weighted by Gasteiger charge is -2.39. The molecular formula is C12H24N2O2. The average Bonchev–Trinajstić information content (AvgIpc) is 2.10. The topological polar surface area (TPSA) is 50.4 Å². The Kier molecular flexibility index (Phi) is 4.33. The van der Waals surface area contributed by atoms with Gasteiger partial charge in [0.25, 0.3) is 0 Å². The SMILES string of the molecule is CCCC(C)(C)NC(=O)COC1(C)CNC1. The van der Waals surface area contributed by atoms with Gasteiger partial charge in [0.05, 0.1) is 5.60 Å². The Balaban J connectivity index is 2.25. The van der Waals surface area contributed by atoms with Crippen LogP contribution in [-0.4, -0.2) is 36.7 Å². The van der Waals surface area contributed by atoms with Crippen LogP contribution in [0.15, 0.2) is 0 Å². The molecule has 1 fully saturated rings. The molecule has 1 rings (SSSR count). The van der Waals surface area contributed by atoms with Gasteiger partial charge in [-0.1, -0.05) is 13.3 Å². The number of nitrogens with one attached hydrogen (secondary N) is 2. The van der Waals surface area contributed by atoms with Crippen molar-refractivity contribution < 1.29 is 9.53 Å². The van der Waals surface area contributed by atoms with Crippen molar-refractivity contribution in [3.8, 4) is 0 Å². The number of ether oxygens (including phenoxy) is 1. The van der Waals surface area contributed by atoms with Crippen molar-refractivity contribution in [1.29, 1.82) is 0 Å². The molecule has 0 spiro atoms. The zero-order valence-electron chi connectivity index (χ0n) is 10.9. The minimum Gasteiger partial charge on any atom is -0.363 e. The molecule has 0 unspecified atom stereocenters. The lowest BCUT2D eigenvalue weighted by atomic mass is 9.99. The maximum absolute atomic E-state index is 11.7. The molecule has 0 saturated carbocycles. The minimum atomic E-state index is -0.147. The highest BCUT2D eigenvalue weighted by Gasteiger charge is 2.33. The first kappa shape index (κ1) is 13.5. The van der Waals surface area contributed by atoms with Crippen LogP contribution >= 0.6 is 0 Å². The molecule has 1 aliphatic heterocycles. The van der Waals surface area contributed by atoms with Gasteiger partial charge in [-0.3, -0.25) is 4.79 Å². The van der Waals surface area contributed by atoms with Crippen LogP contribution in [0.1, 0.15) is 40.5 Å². The van der Waals surface area contributed by atoms with Gasteiger partial charge >= 0.3 is 0 Å². The van der Waals surface area contributed by atoms with E-state index in [1.54, 1.807) is 0 Å². The maximum atomic E-state index is 11.7.